The molecule has 3 nitrogen and oxygen atoms in total. The minimum atomic E-state index is -4.42. The zero-order chi connectivity index (χ0) is 11.9. The number of hydrogen-bond acceptors (Lipinski definition) is 2. The van der Waals surface area contributed by atoms with Gasteiger partial charge >= 0.3 is 6.18 Å². The fraction of sp³-hybridized carbons (Fsp3) is 0.400. The maximum absolute atomic E-state index is 12.4. The van der Waals surface area contributed by atoms with Gasteiger partial charge in [0, 0.05) is 0 Å². The van der Waals surface area contributed by atoms with E-state index in [9.17, 15) is 13.2 Å². The first-order valence-corrected chi connectivity index (χ1v) is 4.81. The van der Waals surface area contributed by atoms with Crippen molar-refractivity contribution in [1.29, 1.82) is 0 Å². The van der Waals surface area contributed by atoms with Crippen molar-refractivity contribution in [2.75, 3.05) is 0 Å². The molecule has 0 radical (unpaired) electrons. The molecule has 2 aromatic rings. The summed E-state index contributed by atoms with van der Waals surface area (Å²) < 4.78 is 38.3. The van der Waals surface area contributed by atoms with E-state index in [0.717, 1.165) is 16.3 Å². The van der Waals surface area contributed by atoms with E-state index >= 15 is 0 Å². The summed E-state index contributed by atoms with van der Waals surface area (Å²) in [6, 6.07) is 2.26. The van der Waals surface area contributed by atoms with E-state index < -0.39 is 11.9 Å². The number of aromatic nitrogens is 3. The Kier molecular flexibility index (Phi) is 2.36. The first-order chi connectivity index (χ1) is 7.38. The van der Waals surface area contributed by atoms with E-state index in [-0.39, 0.29) is 5.92 Å². The lowest BCUT2D eigenvalue weighted by molar-refractivity contribution is -0.141. The SMILES string of the molecule is CC(C)c1cn2nc(C(F)(F)F)ccc2n1. The quantitative estimate of drug-likeness (QED) is 0.752. The molecule has 6 heteroatoms. The first kappa shape index (κ1) is 10.9. The number of rotatable bonds is 1. The molecule has 0 aliphatic heterocycles. The van der Waals surface area contributed by atoms with Crippen molar-refractivity contribution in [3.05, 3.63) is 29.7 Å². The van der Waals surface area contributed by atoms with Crippen molar-refractivity contribution in [2.45, 2.75) is 25.9 Å². The van der Waals surface area contributed by atoms with E-state index in [1.165, 1.54) is 12.3 Å². The standard InChI is InChI=1S/C10H10F3N3/c1-6(2)7-5-16-9(14-7)4-3-8(15-16)10(11,12)13/h3-6H,1-2H3. The number of hydrogen-bond donors (Lipinski definition) is 0. The molecule has 0 aliphatic rings. The minimum Gasteiger partial charge on any atom is -0.232 e. The van der Waals surface area contributed by atoms with Crippen LogP contribution in [-0.2, 0) is 6.18 Å². The average molecular weight is 229 g/mol. The lowest BCUT2D eigenvalue weighted by Gasteiger charge is -2.04. The van der Waals surface area contributed by atoms with Gasteiger partial charge in [0.05, 0.1) is 11.9 Å². The van der Waals surface area contributed by atoms with Crippen molar-refractivity contribution in [3.8, 4) is 0 Å². The summed E-state index contributed by atoms with van der Waals surface area (Å²) in [7, 11) is 0. The van der Waals surface area contributed by atoms with Gasteiger partial charge in [-0.2, -0.15) is 18.3 Å². The molecule has 2 rings (SSSR count). The molecule has 0 aliphatic carbocycles. The van der Waals surface area contributed by atoms with Crippen molar-refractivity contribution in [2.24, 2.45) is 0 Å². The van der Waals surface area contributed by atoms with Gasteiger partial charge in [0.15, 0.2) is 11.3 Å². The summed E-state index contributed by atoms with van der Waals surface area (Å²) in [5.41, 5.74) is 0.247. The van der Waals surface area contributed by atoms with E-state index in [0.29, 0.717) is 5.65 Å². The smallest absolute Gasteiger partial charge is 0.232 e. The van der Waals surface area contributed by atoms with Gasteiger partial charge in [-0.3, -0.25) is 0 Å². The molecule has 2 aromatic heterocycles. The molecule has 86 valence electrons. The van der Waals surface area contributed by atoms with Gasteiger partial charge in [-0.05, 0) is 18.1 Å². The van der Waals surface area contributed by atoms with Crippen molar-refractivity contribution < 1.29 is 13.2 Å². The lowest BCUT2D eigenvalue weighted by atomic mass is 10.2. The zero-order valence-corrected chi connectivity index (χ0v) is 8.78. The molecule has 0 bridgehead atoms. The van der Waals surface area contributed by atoms with Crippen molar-refractivity contribution in [1.82, 2.24) is 14.6 Å². The molecule has 0 fully saturated rings. The van der Waals surface area contributed by atoms with Gasteiger partial charge < -0.3 is 0 Å². The molecular formula is C10H10F3N3. The van der Waals surface area contributed by atoms with Crippen molar-refractivity contribution >= 4 is 5.65 Å². The molecular weight excluding hydrogens is 219 g/mol. The van der Waals surface area contributed by atoms with E-state index in [1.54, 1.807) is 0 Å². The van der Waals surface area contributed by atoms with Crippen LogP contribution in [0.4, 0.5) is 13.2 Å². The highest BCUT2D eigenvalue weighted by atomic mass is 19.4. The topological polar surface area (TPSA) is 30.2 Å². The van der Waals surface area contributed by atoms with Gasteiger partial charge in [-0.1, -0.05) is 13.8 Å². The monoisotopic (exact) mass is 229 g/mol. The van der Waals surface area contributed by atoms with Crippen LogP contribution in [0.5, 0.6) is 0 Å². The minimum absolute atomic E-state index is 0.163. The highest BCUT2D eigenvalue weighted by Gasteiger charge is 2.33. The molecule has 2 heterocycles. The fourth-order valence-electron chi connectivity index (χ4n) is 1.33. The van der Waals surface area contributed by atoms with Crippen LogP contribution in [0.2, 0.25) is 0 Å². The maximum atomic E-state index is 12.4. The Morgan fingerprint density at radius 3 is 2.50 bits per heavy atom. The Morgan fingerprint density at radius 1 is 1.25 bits per heavy atom. The molecule has 0 atom stereocenters. The second-order valence-electron chi connectivity index (χ2n) is 3.84. The molecule has 0 spiro atoms. The van der Waals surface area contributed by atoms with Crippen LogP contribution in [0.15, 0.2) is 18.3 Å². The van der Waals surface area contributed by atoms with E-state index in [2.05, 4.69) is 10.1 Å². The number of alkyl halides is 3. The Labute approximate surface area is 89.9 Å². The second-order valence-corrected chi connectivity index (χ2v) is 3.84. The summed E-state index contributed by atoms with van der Waals surface area (Å²) in [4.78, 5) is 4.17. The number of halogens is 3. The van der Waals surface area contributed by atoms with Crippen LogP contribution in [0.1, 0.15) is 31.2 Å². The third-order valence-electron chi connectivity index (χ3n) is 2.22. The molecule has 0 amide bonds. The number of imidazole rings is 1. The summed E-state index contributed by atoms with van der Waals surface area (Å²) in [6.07, 6.45) is -2.90. The van der Waals surface area contributed by atoms with Crippen LogP contribution >= 0.6 is 0 Å². The van der Waals surface area contributed by atoms with Crippen LogP contribution in [0.25, 0.3) is 5.65 Å². The average Bonchev–Trinajstić information content (AvgIpc) is 2.58. The van der Waals surface area contributed by atoms with E-state index in [4.69, 9.17) is 0 Å². The van der Waals surface area contributed by atoms with Gasteiger partial charge in [0.1, 0.15) is 0 Å². The van der Waals surface area contributed by atoms with E-state index in [1.807, 2.05) is 13.8 Å². The van der Waals surface area contributed by atoms with Crippen LogP contribution in [0, 0.1) is 0 Å². The van der Waals surface area contributed by atoms with Gasteiger partial charge in [0.25, 0.3) is 0 Å². The fourth-order valence-corrected chi connectivity index (χ4v) is 1.33. The second kappa shape index (κ2) is 3.47. The Bertz CT molecular complexity index is 513. The van der Waals surface area contributed by atoms with Gasteiger partial charge in [-0.25, -0.2) is 9.50 Å². The first-order valence-electron chi connectivity index (χ1n) is 4.81. The normalized spacial score (nSPS) is 12.6. The molecule has 0 saturated heterocycles. The van der Waals surface area contributed by atoms with Gasteiger partial charge in [0.2, 0.25) is 0 Å². The number of fused-ring (bicyclic) bond motifs is 1. The molecule has 0 saturated carbocycles. The summed E-state index contributed by atoms with van der Waals surface area (Å²) in [5.74, 6) is 0.163. The molecule has 0 aromatic carbocycles. The Hall–Kier alpha value is -1.59. The van der Waals surface area contributed by atoms with Gasteiger partial charge in [-0.15, -0.1) is 0 Å². The lowest BCUT2D eigenvalue weighted by Crippen LogP contribution is -2.10. The molecule has 16 heavy (non-hydrogen) atoms. The van der Waals surface area contributed by atoms with Crippen LogP contribution in [-0.4, -0.2) is 14.6 Å². The third kappa shape index (κ3) is 1.87. The molecule has 0 N–H and O–H groups in total. The predicted octanol–water partition coefficient (Wildman–Crippen LogP) is 2.87. The summed E-state index contributed by atoms with van der Waals surface area (Å²) in [5, 5.41) is 3.48. The Balaban J connectivity index is 2.54. The Morgan fingerprint density at radius 2 is 1.94 bits per heavy atom. The maximum Gasteiger partial charge on any atom is 0.435 e. The van der Waals surface area contributed by atoms with Crippen LogP contribution in [0.3, 0.4) is 0 Å². The third-order valence-corrected chi connectivity index (χ3v) is 2.22. The zero-order valence-electron chi connectivity index (χ0n) is 8.78. The number of nitrogens with zero attached hydrogens (tertiary/aromatic N) is 3. The van der Waals surface area contributed by atoms with Crippen LogP contribution < -0.4 is 0 Å². The highest BCUT2D eigenvalue weighted by Crippen LogP contribution is 2.27. The predicted molar refractivity (Wildman–Crippen MR) is 52.1 cm³/mol. The summed E-state index contributed by atoms with van der Waals surface area (Å²) in [6.45, 7) is 3.85. The molecule has 0 unspecified atom stereocenters. The van der Waals surface area contributed by atoms with Crippen molar-refractivity contribution in [3.63, 3.8) is 0 Å². The highest BCUT2D eigenvalue weighted by molar-refractivity contribution is 5.39. The summed E-state index contributed by atoms with van der Waals surface area (Å²) >= 11 is 0. The largest absolute Gasteiger partial charge is 0.435 e.